The van der Waals surface area contributed by atoms with E-state index in [0.29, 0.717) is 4.88 Å². The van der Waals surface area contributed by atoms with E-state index >= 15 is 0 Å². The van der Waals surface area contributed by atoms with E-state index in [1.54, 1.807) is 24.5 Å². The summed E-state index contributed by atoms with van der Waals surface area (Å²) in [5, 5.41) is 12.2. The van der Waals surface area contributed by atoms with Gasteiger partial charge in [0.1, 0.15) is 10.5 Å². The van der Waals surface area contributed by atoms with Crippen LogP contribution in [0.4, 0.5) is 9.80 Å². The van der Waals surface area contributed by atoms with Gasteiger partial charge in [0.2, 0.25) is 0 Å². The van der Waals surface area contributed by atoms with Crippen LogP contribution in [0.3, 0.4) is 0 Å². The molecule has 0 saturated carbocycles. The number of thiophene rings is 2. The molecular formula is C24H23N3O4S2. The number of pyridine rings is 2. The van der Waals surface area contributed by atoms with Crippen molar-refractivity contribution in [3.05, 3.63) is 77.9 Å². The van der Waals surface area contributed by atoms with Crippen LogP contribution in [-0.2, 0) is 4.74 Å². The Balaban J connectivity index is 0.000000194. The molecule has 4 aromatic heterocycles. The molecule has 33 heavy (non-hydrogen) atoms. The fourth-order valence-corrected chi connectivity index (χ4v) is 4.24. The number of hydrogen-bond donors (Lipinski definition) is 2. The number of rotatable bonds is 4. The Kier molecular flexibility index (Phi) is 7.92. The van der Waals surface area contributed by atoms with E-state index in [4.69, 9.17) is 9.84 Å². The maximum Gasteiger partial charge on any atom is 0.412 e. The molecule has 0 aromatic carbocycles. The summed E-state index contributed by atoms with van der Waals surface area (Å²) in [6.45, 7) is 5.50. The first-order chi connectivity index (χ1) is 15.7. The molecule has 0 aliphatic heterocycles. The number of hydrogen-bond acceptors (Lipinski definition) is 7. The largest absolute Gasteiger partial charge is 0.477 e. The molecule has 0 unspecified atom stereocenters. The zero-order valence-corrected chi connectivity index (χ0v) is 19.9. The lowest BCUT2D eigenvalue weighted by Crippen LogP contribution is -2.26. The second kappa shape index (κ2) is 10.8. The van der Waals surface area contributed by atoms with E-state index in [-0.39, 0.29) is 0 Å². The van der Waals surface area contributed by atoms with E-state index in [9.17, 15) is 9.59 Å². The van der Waals surface area contributed by atoms with Gasteiger partial charge in [-0.15, -0.1) is 22.7 Å². The molecule has 9 heteroatoms. The maximum absolute atomic E-state index is 11.6. The van der Waals surface area contributed by atoms with Gasteiger partial charge in [-0.2, -0.15) is 0 Å². The monoisotopic (exact) mass is 481 g/mol. The van der Waals surface area contributed by atoms with Crippen LogP contribution < -0.4 is 5.32 Å². The number of carboxylic acid groups (broad SMARTS) is 1. The number of carboxylic acids is 1. The third kappa shape index (κ3) is 7.51. The smallest absolute Gasteiger partial charge is 0.412 e. The van der Waals surface area contributed by atoms with Crippen molar-refractivity contribution in [3.63, 3.8) is 0 Å². The molecule has 0 saturated heterocycles. The summed E-state index contributed by atoms with van der Waals surface area (Å²) in [7, 11) is 0. The first-order valence-corrected chi connectivity index (χ1v) is 11.6. The third-order valence-electron chi connectivity index (χ3n) is 3.88. The van der Waals surface area contributed by atoms with Crippen LogP contribution in [-0.4, -0.2) is 32.7 Å². The number of carbonyl (C=O) groups excluding carboxylic acids is 1. The van der Waals surface area contributed by atoms with Crippen LogP contribution >= 0.6 is 22.7 Å². The molecule has 1 amide bonds. The quantitative estimate of drug-likeness (QED) is 0.338. The average Bonchev–Trinajstić information content (AvgIpc) is 3.44. The lowest BCUT2D eigenvalue weighted by molar-refractivity contribution is 0.0634. The van der Waals surface area contributed by atoms with Gasteiger partial charge < -0.3 is 9.84 Å². The van der Waals surface area contributed by atoms with Gasteiger partial charge in [-0.1, -0.05) is 12.1 Å². The van der Waals surface area contributed by atoms with E-state index in [0.717, 1.165) is 26.1 Å². The van der Waals surface area contributed by atoms with Crippen LogP contribution in [0.2, 0.25) is 0 Å². The van der Waals surface area contributed by atoms with Crippen molar-refractivity contribution in [3.8, 4) is 21.1 Å². The number of nitrogens with zero attached hydrogens (tertiary/aromatic N) is 2. The molecule has 4 aromatic rings. The molecule has 0 fully saturated rings. The Labute approximate surface area is 199 Å². The zero-order valence-electron chi connectivity index (χ0n) is 18.3. The Morgan fingerprint density at radius 2 is 1.42 bits per heavy atom. The van der Waals surface area contributed by atoms with Crippen LogP contribution in [0.5, 0.6) is 0 Å². The molecule has 0 radical (unpaired) electrons. The first kappa shape index (κ1) is 24.1. The molecular weight excluding hydrogens is 458 g/mol. The Morgan fingerprint density at radius 1 is 0.848 bits per heavy atom. The highest BCUT2D eigenvalue weighted by molar-refractivity contribution is 7.19. The van der Waals surface area contributed by atoms with Gasteiger partial charge in [0.05, 0.1) is 26.1 Å². The van der Waals surface area contributed by atoms with Crippen LogP contribution in [0.15, 0.2) is 73.1 Å². The second-order valence-electron chi connectivity index (χ2n) is 7.69. The topological polar surface area (TPSA) is 101 Å². The molecule has 7 nitrogen and oxygen atoms in total. The van der Waals surface area contributed by atoms with Gasteiger partial charge in [-0.05, 0) is 69.3 Å². The van der Waals surface area contributed by atoms with Crippen LogP contribution in [0.1, 0.15) is 30.4 Å². The van der Waals surface area contributed by atoms with Gasteiger partial charge in [0.15, 0.2) is 0 Å². The van der Waals surface area contributed by atoms with Crippen molar-refractivity contribution in [1.29, 1.82) is 0 Å². The fourth-order valence-electron chi connectivity index (χ4n) is 2.55. The molecule has 4 rings (SSSR count). The Bertz CT molecular complexity index is 1200. The summed E-state index contributed by atoms with van der Waals surface area (Å²) in [5.41, 5.74) is 1.21. The van der Waals surface area contributed by atoms with Gasteiger partial charge in [-0.3, -0.25) is 15.3 Å². The minimum absolute atomic E-state index is 0.339. The van der Waals surface area contributed by atoms with Crippen molar-refractivity contribution in [2.45, 2.75) is 26.4 Å². The molecule has 0 bridgehead atoms. The number of aromatic carboxylic acids is 1. The second-order valence-corrected chi connectivity index (χ2v) is 9.86. The molecule has 170 valence electrons. The number of amides is 1. The van der Waals surface area contributed by atoms with E-state index < -0.39 is 17.7 Å². The number of ether oxygens (including phenoxy) is 1. The third-order valence-corrected chi connectivity index (χ3v) is 6.00. The lowest BCUT2D eigenvalue weighted by atomic mass is 10.2. The molecule has 0 spiro atoms. The Morgan fingerprint density at radius 3 is 1.91 bits per heavy atom. The van der Waals surface area contributed by atoms with Crippen LogP contribution in [0, 0.1) is 0 Å². The zero-order chi connectivity index (χ0) is 23.8. The van der Waals surface area contributed by atoms with E-state index in [1.807, 2.05) is 69.3 Å². The van der Waals surface area contributed by atoms with Gasteiger partial charge in [0, 0.05) is 12.4 Å². The standard InChI is InChI=1S/C14H16N2O2S.C10H7NO2S/c1-14(2,3)18-13(17)16-12-8-7-11(19-12)10-6-4-5-9-15-10;12-10(13)9-5-4-8(14-9)7-3-1-2-6-11-7/h4-9H,1-3H3,(H,16,17);1-6H,(H,12,13). The summed E-state index contributed by atoms with van der Waals surface area (Å²) in [4.78, 5) is 32.9. The van der Waals surface area contributed by atoms with E-state index in [2.05, 4.69) is 15.3 Å². The highest BCUT2D eigenvalue weighted by atomic mass is 32.1. The first-order valence-electron chi connectivity index (χ1n) is 9.97. The minimum Gasteiger partial charge on any atom is -0.477 e. The number of aromatic nitrogens is 2. The predicted octanol–water partition coefficient (Wildman–Crippen LogP) is 6.67. The van der Waals surface area contributed by atoms with Gasteiger partial charge in [-0.25, -0.2) is 9.59 Å². The summed E-state index contributed by atoms with van der Waals surface area (Å²) in [5.74, 6) is -0.891. The van der Waals surface area contributed by atoms with Crippen LogP contribution in [0.25, 0.3) is 21.1 Å². The summed E-state index contributed by atoms with van der Waals surface area (Å²) in [6.07, 6.45) is 2.99. The molecule has 2 N–H and O–H groups in total. The summed E-state index contributed by atoms with van der Waals surface area (Å²) < 4.78 is 5.20. The van der Waals surface area contributed by atoms with E-state index in [1.165, 1.54) is 22.7 Å². The number of nitrogens with one attached hydrogen (secondary N) is 1. The van der Waals surface area contributed by atoms with Gasteiger partial charge >= 0.3 is 12.1 Å². The normalized spacial score (nSPS) is 10.6. The Hall–Kier alpha value is -3.56. The SMILES string of the molecule is CC(C)(C)OC(=O)Nc1ccc(-c2ccccn2)s1.O=C(O)c1ccc(-c2ccccn2)s1. The lowest BCUT2D eigenvalue weighted by Gasteiger charge is -2.19. The summed E-state index contributed by atoms with van der Waals surface area (Å²) in [6, 6.07) is 18.4. The fraction of sp³-hybridized carbons (Fsp3) is 0.167. The van der Waals surface area contributed by atoms with Crippen molar-refractivity contribution in [1.82, 2.24) is 9.97 Å². The van der Waals surface area contributed by atoms with Crippen molar-refractivity contribution >= 4 is 39.7 Å². The summed E-state index contributed by atoms with van der Waals surface area (Å²) >= 11 is 2.70. The molecule has 4 heterocycles. The molecule has 0 aliphatic rings. The predicted molar refractivity (Wildman–Crippen MR) is 132 cm³/mol. The number of anilines is 1. The highest BCUT2D eigenvalue weighted by Crippen LogP contribution is 2.30. The van der Waals surface area contributed by atoms with Crippen molar-refractivity contribution in [2.24, 2.45) is 0 Å². The minimum atomic E-state index is -0.891. The maximum atomic E-state index is 11.6. The average molecular weight is 482 g/mol. The van der Waals surface area contributed by atoms with Crippen molar-refractivity contribution < 1.29 is 19.4 Å². The number of carbonyl (C=O) groups is 2. The molecule has 0 aliphatic carbocycles. The van der Waals surface area contributed by atoms with Crippen molar-refractivity contribution in [2.75, 3.05) is 5.32 Å². The highest BCUT2D eigenvalue weighted by Gasteiger charge is 2.17. The van der Waals surface area contributed by atoms with Gasteiger partial charge in [0.25, 0.3) is 0 Å². The molecule has 0 atom stereocenters.